The lowest BCUT2D eigenvalue weighted by atomic mass is 10.2. The van der Waals surface area contributed by atoms with E-state index in [0.717, 1.165) is 6.42 Å². The summed E-state index contributed by atoms with van der Waals surface area (Å²) < 4.78 is 4.60. The molecule has 11 heavy (non-hydrogen) atoms. The van der Waals surface area contributed by atoms with Crippen molar-refractivity contribution in [3.63, 3.8) is 0 Å². The van der Waals surface area contributed by atoms with Gasteiger partial charge in [-0.15, -0.1) is 0 Å². The van der Waals surface area contributed by atoms with Crippen LogP contribution in [0.1, 0.15) is 39.5 Å². The molecule has 0 amide bonds. The van der Waals surface area contributed by atoms with Crippen molar-refractivity contribution in [3.8, 4) is 0 Å². The van der Waals surface area contributed by atoms with E-state index < -0.39 is 0 Å². The molecule has 2 heteroatoms. The van der Waals surface area contributed by atoms with E-state index in [0.29, 0.717) is 12.2 Å². The summed E-state index contributed by atoms with van der Waals surface area (Å²) in [6, 6.07) is 0. The fourth-order valence-corrected chi connectivity index (χ4v) is 0.824. The smallest absolute Gasteiger partial charge is 0.298 e. The number of hydrogen-bond donors (Lipinski definition) is 0. The number of carbonyl (C=O) groups excluding carboxylic acids is 1. The van der Waals surface area contributed by atoms with Crippen molar-refractivity contribution in [2.75, 3.05) is 0 Å². The Morgan fingerprint density at radius 2 is 2.18 bits per heavy atom. The first-order valence-electron chi connectivity index (χ1n) is 4.08. The van der Waals surface area contributed by atoms with Gasteiger partial charge in [0.15, 0.2) is 0 Å². The Balaban J connectivity index is 3.31. The molecule has 0 heterocycles. The molecule has 0 aromatic carbocycles. The molecule has 0 aliphatic carbocycles. The third kappa shape index (κ3) is 7.10. The van der Waals surface area contributed by atoms with E-state index >= 15 is 0 Å². The predicted molar refractivity (Wildman–Crippen MR) is 45.0 cm³/mol. The highest BCUT2D eigenvalue weighted by molar-refractivity contribution is 5.39. The Hall–Kier alpha value is -0.790. The van der Waals surface area contributed by atoms with E-state index in [2.05, 4.69) is 11.7 Å². The van der Waals surface area contributed by atoms with Crippen molar-refractivity contribution in [1.29, 1.82) is 0 Å². The molecule has 0 aliphatic heterocycles. The molecule has 0 spiro atoms. The van der Waals surface area contributed by atoms with E-state index in [1.807, 2.05) is 6.08 Å². The number of unbranched alkanes of at least 4 members (excludes halogenated alkanes) is 3. The lowest BCUT2D eigenvalue weighted by molar-refractivity contribution is -0.125. The third-order valence-corrected chi connectivity index (χ3v) is 1.47. The fraction of sp³-hybridized carbons (Fsp3) is 0.667. The second-order valence-electron chi connectivity index (χ2n) is 2.52. The van der Waals surface area contributed by atoms with Gasteiger partial charge in [0.2, 0.25) is 0 Å². The normalized spacial score (nSPS) is 11.3. The summed E-state index contributed by atoms with van der Waals surface area (Å²) in [5, 5.41) is 0. The first-order valence-corrected chi connectivity index (χ1v) is 4.08. The van der Waals surface area contributed by atoms with Crippen molar-refractivity contribution in [1.82, 2.24) is 0 Å². The fourth-order valence-electron chi connectivity index (χ4n) is 0.824. The molecule has 0 aromatic heterocycles. The zero-order chi connectivity index (χ0) is 8.53. The van der Waals surface area contributed by atoms with Gasteiger partial charge in [-0.25, -0.2) is 0 Å². The van der Waals surface area contributed by atoms with E-state index in [4.69, 9.17) is 0 Å². The third-order valence-electron chi connectivity index (χ3n) is 1.47. The number of allylic oxidation sites excluding steroid dienone is 2. The first kappa shape index (κ1) is 10.2. The molecule has 2 nitrogen and oxygen atoms in total. The minimum atomic E-state index is 0.464. The largest absolute Gasteiger partial charge is 0.434 e. The van der Waals surface area contributed by atoms with Gasteiger partial charge in [-0.05, 0) is 25.8 Å². The van der Waals surface area contributed by atoms with Gasteiger partial charge < -0.3 is 4.74 Å². The van der Waals surface area contributed by atoms with E-state index in [-0.39, 0.29) is 0 Å². The maximum atomic E-state index is 9.84. The van der Waals surface area contributed by atoms with Crippen LogP contribution in [0.3, 0.4) is 0 Å². The number of rotatable bonds is 6. The maximum absolute atomic E-state index is 9.84. The molecule has 0 N–H and O–H groups in total. The highest BCUT2D eigenvalue weighted by Crippen LogP contribution is 2.03. The minimum absolute atomic E-state index is 0.464. The SMILES string of the molecule is CCCCC/C=C(/C)OC=O. The molecule has 0 unspecified atom stereocenters. The van der Waals surface area contributed by atoms with E-state index in [1.165, 1.54) is 19.3 Å². The predicted octanol–water partition coefficient (Wildman–Crippen LogP) is 2.64. The lowest BCUT2D eigenvalue weighted by Crippen LogP contribution is -1.83. The van der Waals surface area contributed by atoms with E-state index in [1.54, 1.807) is 6.92 Å². The molecular formula is C9H16O2. The van der Waals surface area contributed by atoms with Gasteiger partial charge in [-0.2, -0.15) is 0 Å². The number of carbonyl (C=O) groups is 1. The summed E-state index contributed by atoms with van der Waals surface area (Å²) in [5.74, 6) is 0.705. The Bertz CT molecular complexity index is 128. The standard InChI is InChI=1S/C9H16O2/c1-3-4-5-6-7-9(2)11-8-10/h7-8H,3-6H2,1-2H3/b9-7-. The highest BCUT2D eigenvalue weighted by atomic mass is 16.5. The average Bonchev–Trinajstić information content (AvgIpc) is 1.99. The Kier molecular flexibility index (Phi) is 6.79. The average molecular weight is 156 g/mol. The van der Waals surface area contributed by atoms with Crippen molar-refractivity contribution in [2.24, 2.45) is 0 Å². The van der Waals surface area contributed by atoms with Crippen LogP contribution in [0.4, 0.5) is 0 Å². The van der Waals surface area contributed by atoms with Gasteiger partial charge >= 0.3 is 0 Å². The maximum Gasteiger partial charge on any atom is 0.298 e. The van der Waals surface area contributed by atoms with Crippen LogP contribution in [0.15, 0.2) is 11.8 Å². The molecule has 0 aromatic rings. The van der Waals surface area contributed by atoms with Crippen molar-refractivity contribution in [2.45, 2.75) is 39.5 Å². The monoisotopic (exact) mass is 156 g/mol. The molecule has 0 saturated heterocycles. The molecule has 0 radical (unpaired) electrons. The van der Waals surface area contributed by atoms with Crippen molar-refractivity contribution in [3.05, 3.63) is 11.8 Å². The Morgan fingerprint density at radius 3 is 2.73 bits per heavy atom. The van der Waals surface area contributed by atoms with Gasteiger partial charge in [0.1, 0.15) is 5.76 Å². The van der Waals surface area contributed by atoms with Gasteiger partial charge in [0.25, 0.3) is 6.47 Å². The van der Waals surface area contributed by atoms with Crippen LogP contribution in [0.25, 0.3) is 0 Å². The summed E-state index contributed by atoms with van der Waals surface area (Å²) in [5.41, 5.74) is 0. The van der Waals surface area contributed by atoms with Crippen LogP contribution in [0.2, 0.25) is 0 Å². The summed E-state index contributed by atoms with van der Waals surface area (Å²) in [7, 11) is 0. The summed E-state index contributed by atoms with van der Waals surface area (Å²) >= 11 is 0. The molecular weight excluding hydrogens is 140 g/mol. The molecule has 0 aliphatic rings. The molecule has 64 valence electrons. The molecule has 0 fully saturated rings. The lowest BCUT2D eigenvalue weighted by Gasteiger charge is -1.96. The highest BCUT2D eigenvalue weighted by Gasteiger charge is 1.87. The zero-order valence-corrected chi connectivity index (χ0v) is 7.30. The summed E-state index contributed by atoms with van der Waals surface area (Å²) in [4.78, 5) is 9.84. The van der Waals surface area contributed by atoms with Gasteiger partial charge in [-0.1, -0.05) is 19.8 Å². The van der Waals surface area contributed by atoms with Gasteiger partial charge in [0.05, 0.1) is 0 Å². The summed E-state index contributed by atoms with van der Waals surface area (Å²) in [6.07, 6.45) is 6.60. The second kappa shape index (κ2) is 7.32. The Morgan fingerprint density at radius 1 is 1.45 bits per heavy atom. The van der Waals surface area contributed by atoms with Gasteiger partial charge in [-0.3, -0.25) is 4.79 Å². The topological polar surface area (TPSA) is 26.3 Å². The number of hydrogen-bond acceptors (Lipinski definition) is 2. The quantitative estimate of drug-likeness (QED) is 0.336. The molecule has 0 saturated carbocycles. The van der Waals surface area contributed by atoms with Crippen LogP contribution in [-0.4, -0.2) is 6.47 Å². The van der Waals surface area contributed by atoms with Crippen LogP contribution in [-0.2, 0) is 9.53 Å². The zero-order valence-electron chi connectivity index (χ0n) is 7.30. The number of ether oxygens (including phenoxy) is 1. The Labute approximate surface area is 68.2 Å². The minimum Gasteiger partial charge on any atom is -0.434 e. The van der Waals surface area contributed by atoms with Crippen molar-refractivity contribution < 1.29 is 9.53 Å². The van der Waals surface area contributed by atoms with Crippen LogP contribution >= 0.6 is 0 Å². The molecule has 0 atom stereocenters. The van der Waals surface area contributed by atoms with E-state index in [9.17, 15) is 4.79 Å². The van der Waals surface area contributed by atoms with Crippen LogP contribution in [0.5, 0.6) is 0 Å². The van der Waals surface area contributed by atoms with Crippen LogP contribution in [0, 0.1) is 0 Å². The van der Waals surface area contributed by atoms with Crippen molar-refractivity contribution >= 4 is 6.47 Å². The first-order chi connectivity index (χ1) is 5.31. The molecule has 0 rings (SSSR count). The second-order valence-corrected chi connectivity index (χ2v) is 2.52. The van der Waals surface area contributed by atoms with Gasteiger partial charge in [0, 0.05) is 0 Å². The van der Waals surface area contributed by atoms with Crippen LogP contribution < -0.4 is 0 Å². The molecule has 0 bridgehead atoms. The summed E-state index contributed by atoms with van der Waals surface area (Å²) in [6.45, 7) is 4.42.